The molecule has 2 nitrogen and oxygen atoms in total. The maximum Gasteiger partial charge on any atom is 0.119 e. The molecular formula is C15H21NO. The van der Waals surface area contributed by atoms with Crippen LogP contribution in [0.25, 0.3) is 0 Å². The third-order valence-corrected chi connectivity index (χ3v) is 3.47. The van der Waals surface area contributed by atoms with Gasteiger partial charge in [0, 0.05) is 12.1 Å². The van der Waals surface area contributed by atoms with E-state index in [9.17, 15) is 0 Å². The van der Waals surface area contributed by atoms with Crippen LogP contribution in [0, 0.1) is 0 Å². The number of hydrogen-bond acceptors (Lipinski definition) is 2. The van der Waals surface area contributed by atoms with E-state index >= 15 is 0 Å². The molecule has 1 aromatic carbocycles. The van der Waals surface area contributed by atoms with Gasteiger partial charge >= 0.3 is 0 Å². The van der Waals surface area contributed by atoms with Gasteiger partial charge in [-0.05, 0) is 43.9 Å². The van der Waals surface area contributed by atoms with Crippen LogP contribution in [-0.4, -0.2) is 12.1 Å². The van der Waals surface area contributed by atoms with Crippen molar-refractivity contribution in [3.63, 3.8) is 0 Å². The Morgan fingerprint density at radius 2 is 2.06 bits per heavy atom. The van der Waals surface area contributed by atoms with Crippen LogP contribution >= 0.6 is 0 Å². The number of hydrogen-bond donors (Lipinski definition) is 1. The minimum Gasteiger partial charge on any atom is -0.490 e. The Kier molecular flexibility index (Phi) is 3.85. The molecule has 0 saturated heterocycles. The average molecular weight is 231 g/mol. The lowest BCUT2D eigenvalue weighted by Crippen LogP contribution is -2.47. The number of benzene rings is 1. The summed E-state index contributed by atoms with van der Waals surface area (Å²) in [6.45, 7) is 7.44. The van der Waals surface area contributed by atoms with E-state index in [1.807, 2.05) is 12.1 Å². The third kappa shape index (κ3) is 3.34. The van der Waals surface area contributed by atoms with E-state index in [0.717, 1.165) is 12.3 Å². The quantitative estimate of drug-likeness (QED) is 0.759. The highest BCUT2D eigenvalue weighted by Crippen LogP contribution is 2.31. The average Bonchev–Trinajstić information content (AvgIpc) is 2.33. The molecule has 1 aromatic rings. The van der Waals surface area contributed by atoms with Crippen LogP contribution in [-0.2, 0) is 6.54 Å². The summed E-state index contributed by atoms with van der Waals surface area (Å²) >= 11 is 0. The van der Waals surface area contributed by atoms with Crippen LogP contribution in [0.3, 0.4) is 0 Å². The largest absolute Gasteiger partial charge is 0.490 e. The Bertz CT molecular complexity index is 365. The fourth-order valence-corrected chi connectivity index (χ4v) is 2.06. The first-order chi connectivity index (χ1) is 8.22. The minimum atomic E-state index is 0.373. The molecule has 0 amide bonds. The number of ether oxygens (including phenoxy) is 1. The van der Waals surface area contributed by atoms with Gasteiger partial charge in [0.25, 0.3) is 0 Å². The molecule has 1 aliphatic carbocycles. The first-order valence-electron chi connectivity index (χ1n) is 6.29. The van der Waals surface area contributed by atoms with E-state index in [1.54, 1.807) is 6.08 Å². The summed E-state index contributed by atoms with van der Waals surface area (Å²) in [6, 6.07) is 8.27. The van der Waals surface area contributed by atoms with Gasteiger partial charge < -0.3 is 10.1 Å². The standard InChI is InChI=1S/C15H21NO/c1-3-11-17-14-7-5-13(6-8-14)12-16-15(2)9-4-10-15/h3,5-8,16H,1,4,9-12H2,2H3. The summed E-state index contributed by atoms with van der Waals surface area (Å²) in [5.74, 6) is 0.906. The van der Waals surface area contributed by atoms with Crippen molar-refractivity contribution in [2.75, 3.05) is 6.61 Å². The van der Waals surface area contributed by atoms with Crippen molar-refractivity contribution in [1.82, 2.24) is 5.32 Å². The molecule has 0 atom stereocenters. The van der Waals surface area contributed by atoms with E-state index < -0.39 is 0 Å². The lowest BCUT2D eigenvalue weighted by Gasteiger charge is -2.39. The van der Waals surface area contributed by atoms with Gasteiger partial charge in [-0.1, -0.05) is 24.8 Å². The van der Waals surface area contributed by atoms with Crippen molar-refractivity contribution in [2.24, 2.45) is 0 Å². The molecule has 1 fully saturated rings. The van der Waals surface area contributed by atoms with Crippen LogP contribution in [0.15, 0.2) is 36.9 Å². The van der Waals surface area contributed by atoms with Crippen molar-refractivity contribution in [2.45, 2.75) is 38.3 Å². The summed E-state index contributed by atoms with van der Waals surface area (Å²) in [5.41, 5.74) is 1.68. The maximum absolute atomic E-state index is 5.45. The molecule has 0 aromatic heterocycles. The van der Waals surface area contributed by atoms with Gasteiger partial charge in [0.15, 0.2) is 0 Å². The van der Waals surface area contributed by atoms with Gasteiger partial charge in [0.2, 0.25) is 0 Å². The summed E-state index contributed by atoms with van der Waals surface area (Å²) in [5, 5.41) is 3.62. The highest BCUT2D eigenvalue weighted by atomic mass is 16.5. The Morgan fingerprint density at radius 3 is 2.59 bits per heavy atom. The van der Waals surface area contributed by atoms with Crippen molar-refractivity contribution in [1.29, 1.82) is 0 Å². The summed E-state index contributed by atoms with van der Waals surface area (Å²) in [4.78, 5) is 0. The van der Waals surface area contributed by atoms with Crippen LogP contribution < -0.4 is 10.1 Å². The second kappa shape index (κ2) is 5.37. The van der Waals surface area contributed by atoms with Crippen LogP contribution in [0.5, 0.6) is 5.75 Å². The zero-order chi connectivity index (χ0) is 12.1. The molecule has 1 N–H and O–H groups in total. The van der Waals surface area contributed by atoms with Crippen molar-refractivity contribution in [3.05, 3.63) is 42.5 Å². The lowest BCUT2D eigenvalue weighted by atomic mass is 9.78. The lowest BCUT2D eigenvalue weighted by molar-refractivity contribution is 0.207. The topological polar surface area (TPSA) is 21.3 Å². The Morgan fingerprint density at radius 1 is 1.35 bits per heavy atom. The normalized spacial score (nSPS) is 17.2. The highest BCUT2D eigenvalue weighted by molar-refractivity contribution is 5.27. The third-order valence-electron chi connectivity index (χ3n) is 3.47. The van der Waals surface area contributed by atoms with Gasteiger partial charge in [0.05, 0.1) is 0 Å². The molecule has 1 saturated carbocycles. The maximum atomic E-state index is 5.45. The van der Waals surface area contributed by atoms with Crippen molar-refractivity contribution >= 4 is 0 Å². The molecule has 0 unspecified atom stereocenters. The van der Waals surface area contributed by atoms with E-state index in [-0.39, 0.29) is 0 Å². The van der Waals surface area contributed by atoms with Gasteiger partial charge in [-0.25, -0.2) is 0 Å². The van der Waals surface area contributed by atoms with E-state index in [0.29, 0.717) is 12.1 Å². The Hall–Kier alpha value is -1.28. The molecule has 0 aliphatic heterocycles. The molecule has 0 heterocycles. The van der Waals surface area contributed by atoms with Crippen molar-refractivity contribution < 1.29 is 4.74 Å². The van der Waals surface area contributed by atoms with Crippen LogP contribution in [0.1, 0.15) is 31.7 Å². The fourth-order valence-electron chi connectivity index (χ4n) is 2.06. The Balaban J connectivity index is 1.82. The molecular weight excluding hydrogens is 210 g/mol. The monoisotopic (exact) mass is 231 g/mol. The molecule has 1 aliphatic rings. The molecule has 0 spiro atoms. The van der Waals surface area contributed by atoms with Crippen molar-refractivity contribution in [3.8, 4) is 5.75 Å². The number of nitrogens with one attached hydrogen (secondary N) is 1. The summed E-state index contributed by atoms with van der Waals surface area (Å²) in [6.07, 6.45) is 5.71. The van der Waals surface area contributed by atoms with Gasteiger partial charge in [-0.2, -0.15) is 0 Å². The first-order valence-corrected chi connectivity index (χ1v) is 6.29. The molecule has 2 rings (SSSR count). The van der Waals surface area contributed by atoms with Gasteiger partial charge in [0.1, 0.15) is 12.4 Å². The molecule has 92 valence electrons. The fraction of sp³-hybridized carbons (Fsp3) is 0.467. The zero-order valence-corrected chi connectivity index (χ0v) is 10.5. The predicted octanol–water partition coefficient (Wildman–Crippen LogP) is 3.28. The summed E-state index contributed by atoms with van der Waals surface area (Å²) in [7, 11) is 0. The van der Waals surface area contributed by atoms with Crippen LogP contribution in [0.2, 0.25) is 0 Å². The zero-order valence-electron chi connectivity index (χ0n) is 10.5. The minimum absolute atomic E-state index is 0.373. The molecule has 17 heavy (non-hydrogen) atoms. The van der Waals surface area contributed by atoms with E-state index in [2.05, 4.69) is 31.0 Å². The number of rotatable bonds is 6. The molecule has 0 bridgehead atoms. The second-order valence-electron chi connectivity index (χ2n) is 5.01. The molecule has 2 heteroatoms. The predicted molar refractivity (Wildman–Crippen MR) is 71.2 cm³/mol. The van der Waals surface area contributed by atoms with Crippen LogP contribution in [0.4, 0.5) is 0 Å². The van der Waals surface area contributed by atoms with Gasteiger partial charge in [-0.15, -0.1) is 0 Å². The first kappa shape index (κ1) is 12.2. The van der Waals surface area contributed by atoms with Gasteiger partial charge in [-0.3, -0.25) is 0 Å². The second-order valence-corrected chi connectivity index (χ2v) is 5.01. The van der Waals surface area contributed by atoms with E-state index in [4.69, 9.17) is 4.74 Å². The molecule has 0 radical (unpaired) electrons. The van der Waals surface area contributed by atoms with E-state index in [1.165, 1.54) is 24.8 Å². The Labute approximate surface area is 104 Å². The smallest absolute Gasteiger partial charge is 0.119 e. The highest BCUT2D eigenvalue weighted by Gasteiger charge is 2.30. The summed E-state index contributed by atoms with van der Waals surface area (Å²) < 4.78 is 5.45. The SMILES string of the molecule is C=CCOc1ccc(CNC2(C)CCC2)cc1.